The number of ether oxygens (including phenoxy) is 4. The number of rotatable bonds is 3. The van der Waals surface area contributed by atoms with Crippen LogP contribution in [-0.4, -0.2) is 58.4 Å². The molecule has 9 heteroatoms. The standard InChI is InChI=1S/C14H18N2O7/c1-14(2)22-9-7(6-17)21-12(10(9)23-14)16-5-4-15-8(11(16)18)13(19)20-3/h4-5,7,9-10,12,17H,6H2,1-3H3. The summed E-state index contributed by atoms with van der Waals surface area (Å²) < 4.78 is 23.0. The molecular formula is C14H18N2O7. The van der Waals surface area contributed by atoms with Gasteiger partial charge in [0.1, 0.15) is 18.3 Å². The summed E-state index contributed by atoms with van der Waals surface area (Å²) >= 11 is 0. The van der Waals surface area contributed by atoms with E-state index in [1.807, 2.05) is 0 Å². The minimum atomic E-state index is -0.855. The van der Waals surface area contributed by atoms with E-state index in [2.05, 4.69) is 9.72 Å². The number of esters is 1. The van der Waals surface area contributed by atoms with Gasteiger partial charge in [0.05, 0.1) is 13.7 Å². The fourth-order valence-electron chi connectivity index (χ4n) is 2.89. The van der Waals surface area contributed by atoms with Crippen molar-refractivity contribution < 1.29 is 28.8 Å². The normalized spacial score (nSPS) is 31.8. The maximum Gasteiger partial charge on any atom is 0.362 e. The van der Waals surface area contributed by atoms with Crippen LogP contribution in [0, 0.1) is 0 Å². The lowest BCUT2D eigenvalue weighted by Crippen LogP contribution is -2.36. The molecule has 4 unspecified atom stereocenters. The van der Waals surface area contributed by atoms with Gasteiger partial charge in [-0.15, -0.1) is 0 Å². The van der Waals surface area contributed by atoms with Crippen molar-refractivity contribution in [2.75, 3.05) is 13.7 Å². The first-order chi connectivity index (χ1) is 10.9. The molecule has 2 saturated heterocycles. The van der Waals surface area contributed by atoms with Crippen LogP contribution in [0.2, 0.25) is 0 Å². The van der Waals surface area contributed by atoms with Crippen LogP contribution in [0.25, 0.3) is 0 Å². The number of hydrogen-bond donors (Lipinski definition) is 1. The second kappa shape index (κ2) is 5.68. The number of methoxy groups -OCH3 is 1. The van der Waals surface area contributed by atoms with E-state index >= 15 is 0 Å². The van der Waals surface area contributed by atoms with Gasteiger partial charge >= 0.3 is 5.97 Å². The fraction of sp³-hybridized carbons (Fsp3) is 0.643. The average Bonchev–Trinajstić information content (AvgIpc) is 2.99. The van der Waals surface area contributed by atoms with Crippen LogP contribution in [-0.2, 0) is 18.9 Å². The number of aliphatic hydroxyl groups excluding tert-OH is 1. The van der Waals surface area contributed by atoms with E-state index in [9.17, 15) is 14.7 Å². The van der Waals surface area contributed by atoms with Crippen molar-refractivity contribution in [2.45, 2.75) is 44.2 Å². The largest absolute Gasteiger partial charge is 0.464 e. The SMILES string of the molecule is COC(=O)c1nccn(C2OC(CO)C3OC(C)(C)OC32)c1=O. The predicted molar refractivity (Wildman–Crippen MR) is 74.7 cm³/mol. The van der Waals surface area contributed by atoms with Crippen LogP contribution < -0.4 is 5.56 Å². The topological polar surface area (TPSA) is 109 Å². The summed E-state index contributed by atoms with van der Waals surface area (Å²) in [5.74, 6) is -1.69. The van der Waals surface area contributed by atoms with Gasteiger partial charge in [-0.1, -0.05) is 0 Å². The van der Waals surface area contributed by atoms with Crippen molar-refractivity contribution in [3.8, 4) is 0 Å². The summed E-state index contributed by atoms with van der Waals surface area (Å²) in [6.07, 6.45) is 0.130. The Hall–Kier alpha value is -1.81. The highest BCUT2D eigenvalue weighted by atomic mass is 16.8. The maximum atomic E-state index is 12.5. The Kier molecular flexibility index (Phi) is 3.96. The van der Waals surface area contributed by atoms with Gasteiger partial charge in [0.2, 0.25) is 5.69 Å². The number of aliphatic hydroxyl groups is 1. The van der Waals surface area contributed by atoms with Crippen molar-refractivity contribution >= 4 is 5.97 Å². The van der Waals surface area contributed by atoms with Crippen molar-refractivity contribution in [1.82, 2.24) is 9.55 Å². The molecule has 0 saturated carbocycles. The van der Waals surface area contributed by atoms with Crippen LogP contribution in [0.3, 0.4) is 0 Å². The smallest absolute Gasteiger partial charge is 0.362 e. The Balaban J connectivity index is 1.99. The molecule has 1 aromatic rings. The zero-order valence-electron chi connectivity index (χ0n) is 13.0. The van der Waals surface area contributed by atoms with Crippen molar-refractivity contribution in [3.05, 3.63) is 28.4 Å². The summed E-state index contributed by atoms with van der Waals surface area (Å²) in [5.41, 5.74) is -1.00. The van der Waals surface area contributed by atoms with Gasteiger partial charge in [-0.2, -0.15) is 0 Å². The van der Waals surface area contributed by atoms with Gasteiger partial charge < -0.3 is 24.1 Å². The van der Waals surface area contributed by atoms with Gasteiger partial charge in [-0.05, 0) is 13.8 Å². The third-order valence-electron chi connectivity index (χ3n) is 3.83. The Bertz CT molecular complexity index is 671. The highest BCUT2D eigenvalue weighted by molar-refractivity contribution is 5.86. The number of hydrogen-bond acceptors (Lipinski definition) is 8. The first kappa shape index (κ1) is 16.1. The van der Waals surface area contributed by atoms with E-state index in [0.717, 1.165) is 0 Å². The number of carbonyl (C=O) groups excluding carboxylic acids is 1. The summed E-state index contributed by atoms with van der Waals surface area (Å²) in [5, 5.41) is 9.46. The number of fused-ring (bicyclic) bond motifs is 1. The molecule has 9 nitrogen and oxygen atoms in total. The molecule has 4 atom stereocenters. The molecule has 2 aliphatic heterocycles. The molecule has 23 heavy (non-hydrogen) atoms. The fourth-order valence-corrected chi connectivity index (χ4v) is 2.89. The second-order valence-corrected chi connectivity index (χ2v) is 5.79. The molecule has 2 aliphatic rings. The molecule has 0 aliphatic carbocycles. The zero-order chi connectivity index (χ0) is 16.8. The summed E-state index contributed by atoms with van der Waals surface area (Å²) in [6.45, 7) is 3.21. The van der Waals surface area contributed by atoms with E-state index in [1.54, 1.807) is 13.8 Å². The Morgan fingerprint density at radius 1 is 1.43 bits per heavy atom. The van der Waals surface area contributed by atoms with E-state index < -0.39 is 41.9 Å². The van der Waals surface area contributed by atoms with Crippen LogP contribution in [0.1, 0.15) is 30.6 Å². The van der Waals surface area contributed by atoms with Crippen molar-refractivity contribution in [3.63, 3.8) is 0 Å². The lowest BCUT2D eigenvalue weighted by atomic mass is 10.1. The molecule has 1 aromatic heterocycles. The number of carbonyl (C=O) groups is 1. The molecule has 2 fully saturated rings. The lowest BCUT2D eigenvalue weighted by Gasteiger charge is -2.24. The van der Waals surface area contributed by atoms with Gasteiger partial charge in [0.15, 0.2) is 12.0 Å². The van der Waals surface area contributed by atoms with Gasteiger partial charge in [0.25, 0.3) is 5.56 Å². The van der Waals surface area contributed by atoms with E-state index in [1.165, 1.54) is 24.1 Å². The van der Waals surface area contributed by atoms with E-state index in [0.29, 0.717) is 0 Å². The summed E-state index contributed by atoms with van der Waals surface area (Å²) in [6, 6.07) is 0. The van der Waals surface area contributed by atoms with Gasteiger partial charge in [-0.3, -0.25) is 9.36 Å². The van der Waals surface area contributed by atoms with Gasteiger partial charge in [-0.25, -0.2) is 9.78 Å². The second-order valence-electron chi connectivity index (χ2n) is 5.79. The Labute approximate surface area is 131 Å². The molecule has 3 rings (SSSR count). The first-order valence-corrected chi connectivity index (χ1v) is 7.15. The van der Waals surface area contributed by atoms with E-state index in [-0.39, 0.29) is 12.3 Å². The van der Waals surface area contributed by atoms with Crippen LogP contribution >= 0.6 is 0 Å². The average molecular weight is 326 g/mol. The summed E-state index contributed by atoms with van der Waals surface area (Å²) in [4.78, 5) is 27.8. The predicted octanol–water partition coefficient (Wildman–Crippen LogP) is -0.560. The minimum absolute atomic E-state index is 0.277. The van der Waals surface area contributed by atoms with Crippen molar-refractivity contribution in [1.29, 1.82) is 0 Å². The van der Waals surface area contributed by atoms with Crippen LogP contribution in [0.15, 0.2) is 17.2 Å². The molecule has 3 heterocycles. The molecule has 0 bridgehead atoms. The highest BCUT2D eigenvalue weighted by Crippen LogP contribution is 2.42. The quantitative estimate of drug-likeness (QED) is 0.736. The third-order valence-corrected chi connectivity index (χ3v) is 3.83. The Morgan fingerprint density at radius 2 is 2.13 bits per heavy atom. The lowest BCUT2D eigenvalue weighted by molar-refractivity contribution is -0.200. The Morgan fingerprint density at radius 3 is 2.78 bits per heavy atom. The number of nitrogens with zero attached hydrogens (tertiary/aromatic N) is 2. The molecule has 0 amide bonds. The maximum absolute atomic E-state index is 12.5. The first-order valence-electron chi connectivity index (χ1n) is 7.15. The molecule has 1 N–H and O–H groups in total. The zero-order valence-corrected chi connectivity index (χ0v) is 13.0. The van der Waals surface area contributed by atoms with Crippen LogP contribution in [0.4, 0.5) is 0 Å². The monoisotopic (exact) mass is 326 g/mol. The summed E-state index contributed by atoms with van der Waals surface area (Å²) in [7, 11) is 1.17. The number of aromatic nitrogens is 2. The van der Waals surface area contributed by atoms with Crippen LogP contribution in [0.5, 0.6) is 0 Å². The minimum Gasteiger partial charge on any atom is -0.464 e. The van der Waals surface area contributed by atoms with Crippen molar-refractivity contribution in [2.24, 2.45) is 0 Å². The molecule has 0 aromatic carbocycles. The third kappa shape index (κ3) is 2.65. The molecule has 126 valence electrons. The molecular weight excluding hydrogens is 308 g/mol. The molecule has 0 spiro atoms. The molecule has 0 radical (unpaired) electrons. The highest BCUT2D eigenvalue weighted by Gasteiger charge is 2.55. The van der Waals surface area contributed by atoms with Gasteiger partial charge in [0, 0.05) is 12.4 Å². The van der Waals surface area contributed by atoms with E-state index in [4.69, 9.17) is 14.2 Å².